The highest BCUT2D eigenvalue weighted by molar-refractivity contribution is 7.22. The fourth-order valence-corrected chi connectivity index (χ4v) is 7.00. The van der Waals surface area contributed by atoms with Gasteiger partial charge in [-0.05, 0) is 47.0 Å². The van der Waals surface area contributed by atoms with Crippen molar-refractivity contribution in [1.29, 1.82) is 0 Å². The number of fused-ring (bicyclic) bond motifs is 2. The van der Waals surface area contributed by atoms with Gasteiger partial charge < -0.3 is 30.9 Å². The van der Waals surface area contributed by atoms with Crippen molar-refractivity contribution in [2.75, 3.05) is 37.8 Å². The van der Waals surface area contributed by atoms with Crippen molar-refractivity contribution in [3.63, 3.8) is 0 Å². The maximum Gasteiger partial charge on any atom is 0.332 e. The first kappa shape index (κ1) is 32.5. The second-order valence-corrected chi connectivity index (χ2v) is 12.5. The molecule has 3 heterocycles. The number of thiazole rings is 1. The highest BCUT2D eigenvalue weighted by Crippen LogP contribution is 2.32. The van der Waals surface area contributed by atoms with Crippen LogP contribution in [0.4, 0.5) is 15.6 Å². The van der Waals surface area contributed by atoms with Crippen molar-refractivity contribution >= 4 is 56.6 Å². The lowest BCUT2D eigenvalue weighted by atomic mass is 9.99. The predicted octanol–water partition coefficient (Wildman–Crippen LogP) is 3.19. The summed E-state index contributed by atoms with van der Waals surface area (Å²) in [5, 5.41) is 9.20. The Balaban J connectivity index is 1.29. The number of benzene rings is 3. The van der Waals surface area contributed by atoms with Gasteiger partial charge in [0.2, 0.25) is 18.2 Å². The number of para-hydroxylation sites is 1. The van der Waals surface area contributed by atoms with Crippen molar-refractivity contribution in [2.45, 2.75) is 31.7 Å². The van der Waals surface area contributed by atoms with Crippen LogP contribution in [0.2, 0.25) is 0 Å². The van der Waals surface area contributed by atoms with E-state index in [0.717, 1.165) is 26.9 Å². The third kappa shape index (κ3) is 6.66. The first-order valence-corrected chi connectivity index (χ1v) is 16.2. The standard InChI is InChI=1S/C34H36N8O5S/c1-3-15-40(34(46)36-17-23-9-13-26(47-2)14-10-23)41-20-30(44)42-27(16-22-7-11-25(12-8-22)37-21-43)32(45)39(19-29(41)42)18-24-5-4-6-28-31(24)38-33(35)48-28/h3-14,21,27,29H,1,15-20H2,2H3,(H2,35,38)(H,36,46)(H,37,43)/t27-,29+/m0/s1. The lowest BCUT2D eigenvalue weighted by Gasteiger charge is -2.46. The molecule has 0 bridgehead atoms. The van der Waals surface area contributed by atoms with Gasteiger partial charge in [0.25, 0.3) is 0 Å². The Kier molecular flexibility index (Phi) is 9.55. The zero-order valence-corrected chi connectivity index (χ0v) is 27.2. The summed E-state index contributed by atoms with van der Waals surface area (Å²) in [6.45, 7) is 4.58. The molecule has 2 fully saturated rings. The van der Waals surface area contributed by atoms with Crippen molar-refractivity contribution in [2.24, 2.45) is 0 Å². The molecule has 14 heteroatoms. The number of carbonyl (C=O) groups excluding carboxylic acids is 4. The third-order valence-electron chi connectivity index (χ3n) is 8.50. The van der Waals surface area contributed by atoms with Crippen LogP contribution in [-0.4, -0.2) is 88.0 Å². The molecule has 2 atom stereocenters. The van der Waals surface area contributed by atoms with E-state index in [1.807, 2.05) is 54.6 Å². The van der Waals surface area contributed by atoms with Crippen molar-refractivity contribution < 1.29 is 23.9 Å². The van der Waals surface area contributed by atoms with Gasteiger partial charge in [0.15, 0.2) is 5.13 Å². The predicted molar refractivity (Wildman–Crippen MR) is 183 cm³/mol. The van der Waals surface area contributed by atoms with Gasteiger partial charge in [0.05, 0.1) is 37.0 Å². The molecule has 13 nitrogen and oxygen atoms in total. The average Bonchev–Trinajstić information content (AvgIpc) is 3.64. The molecule has 0 radical (unpaired) electrons. The number of nitrogen functional groups attached to an aromatic ring is 1. The Morgan fingerprint density at radius 1 is 1.12 bits per heavy atom. The lowest BCUT2D eigenvalue weighted by molar-refractivity contribution is -0.157. The van der Waals surface area contributed by atoms with Crippen LogP contribution in [0.25, 0.3) is 10.2 Å². The van der Waals surface area contributed by atoms with Crippen molar-refractivity contribution in [3.05, 3.63) is 96.1 Å². The van der Waals surface area contributed by atoms with E-state index in [9.17, 15) is 19.2 Å². The molecule has 48 heavy (non-hydrogen) atoms. The van der Waals surface area contributed by atoms with Gasteiger partial charge >= 0.3 is 6.03 Å². The van der Waals surface area contributed by atoms with E-state index in [4.69, 9.17) is 10.5 Å². The van der Waals surface area contributed by atoms with E-state index in [-0.39, 0.29) is 51.0 Å². The molecule has 2 saturated heterocycles. The topological polar surface area (TPSA) is 153 Å². The Hall–Kier alpha value is -5.47. The molecule has 4 N–H and O–H groups in total. The molecule has 1 aromatic heterocycles. The van der Waals surface area contributed by atoms with Crippen LogP contribution in [0, 0.1) is 0 Å². The SMILES string of the molecule is C=CCN(C(=O)NCc1ccc(OC)cc1)N1CC(=O)N2[C@@H](Cc3ccc(NC=O)cc3)C(=O)N(Cc3cccc4sc(N)nc34)C[C@@H]21. The Morgan fingerprint density at radius 2 is 1.88 bits per heavy atom. The molecule has 2 aliphatic heterocycles. The minimum atomic E-state index is -0.834. The van der Waals surface area contributed by atoms with Crippen LogP contribution in [0.1, 0.15) is 16.7 Å². The number of hydrogen-bond acceptors (Lipinski definition) is 9. The lowest BCUT2D eigenvalue weighted by Crippen LogP contribution is -2.66. The monoisotopic (exact) mass is 668 g/mol. The van der Waals surface area contributed by atoms with Crippen LogP contribution in [0.15, 0.2) is 79.4 Å². The maximum absolute atomic E-state index is 14.3. The van der Waals surface area contributed by atoms with E-state index < -0.39 is 18.2 Å². The molecule has 2 aliphatic rings. The number of rotatable bonds is 12. The number of hydrogen-bond donors (Lipinski definition) is 3. The van der Waals surface area contributed by atoms with Crippen LogP contribution < -0.4 is 21.1 Å². The maximum atomic E-state index is 14.3. The van der Waals surface area contributed by atoms with Gasteiger partial charge in [-0.2, -0.15) is 5.01 Å². The summed E-state index contributed by atoms with van der Waals surface area (Å²) in [5.41, 5.74) is 9.89. The first-order chi connectivity index (χ1) is 23.3. The quantitative estimate of drug-likeness (QED) is 0.154. The third-order valence-corrected chi connectivity index (χ3v) is 9.35. The number of anilines is 2. The number of piperazine rings is 1. The number of nitrogens with one attached hydrogen (secondary N) is 2. The van der Waals surface area contributed by atoms with Crippen LogP contribution in [-0.2, 0) is 33.9 Å². The number of nitrogens with two attached hydrogens (primary N) is 1. The molecule has 0 spiro atoms. The molecule has 6 rings (SSSR count). The summed E-state index contributed by atoms with van der Waals surface area (Å²) in [7, 11) is 1.59. The second-order valence-electron chi connectivity index (χ2n) is 11.5. The molecule has 3 aromatic carbocycles. The number of carbonyl (C=O) groups is 4. The minimum Gasteiger partial charge on any atom is -0.497 e. The smallest absolute Gasteiger partial charge is 0.332 e. The molecular formula is C34H36N8O5S. The fourth-order valence-electron chi connectivity index (χ4n) is 6.21. The number of nitrogens with zero attached hydrogens (tertiary/aromatic N) is 5. The number of aromatic nitrogens is 1. The largest absolute Gasteiger partial charge is 0.497 e. The minimum absolute atomic E-state index is 0.0908. The highest BCUT2D eigenvalue weighted by atomic mass is 32.1. The van der Waals surface area contributed by atoms with Crippen LogP contribution >= 0.6 is 11.3 Å². The number of amides is 5. The molecule has 5 amide bonds. The Bertz CT molecular complexity index is 1830. The Morgan fingerprint density at radius 3 is 2.58 bits per heavy atom. The van der Waals surface area contributed by atoms with Crippen LogP contribution in [0.3, 0.4) is 0 Å². The van der Waals surface area contributed by atoms with Gasteiger partial charge in [-0.25, -0.2) is 9.78 Å². The van der Waals surface area contributed by atoms with Gasteiger partial charge in [-0.1, -0.05) is 53.8 Å². The van der Waals surface area contributed by atoms with E-state index in [1.165, 1.54) is 16.3 Å². The second kappa shape index (κ2) is 14.1. The van der Waals surface area contributed by atoms with E-state index >= 15 is 0 Å². The molecule has 0 saturated carbocycles. The fraction of sp³-hybridized carbons (Fsp3) is 0.265. The van der Waals surface area contributed by atoms with E-state index in [0.29, 0.717) is 23.0 Å². The zero-order valence-electron chi connectivity index (χ0n) is 26.4. The number of urea groups is 1. The Labute approximate surface area is 281 Å². The average molecular weight is 669 g/mol. The van der Waals surface area contributed by atoms with Crippen molar-refractivity contribution in [3.8, 4) is 5.75 Å². The van der Waals surface area contributed by atoms with Crippen molar-refractivity contribution in [1.82, 2.24) is 30.1 Å². The number of hydrazine groups is 1. The molecule has 0 aliphatic carbocycles. The number of methoxy groups -OCH3 is 1. The molecule has 248 valence electrons. The van der Waals surface area contributed by atoms with Gasteiger partial charge in [-0.3, -0.25) is 19.4 Å². The van der Waals surface area contributed by atoms with Gasteiger partial charge in [-0.15, -0.1) is 6.58 Å². The highest BCUT2D eigenvalue weighted by Gasteiger charge is 2.52. The van der Waals surface area contributed by atoms with E-state index in [2.05, 4.69) is 22.2 Å². The molecule has 4 aromatic rings. The van der Waals surface area contributed by atoms with E-state index in [1.54, 1.807) is 40.1 Å². The summed E-state index contributed by atoms with van der Waals surface area (Å²) in [5.74, 6) is 0.239. The summed E-state index contributed by atoms with van der Waals surface area (Å²) in [4.78, 5) is 60.5. The summed E-state index contributed by atoms with van der Waals surface area (Å²) >= 11 is 1.38. The summed E-state index contributed by atoms with van der Waals surface area (Å²) < 4.78 is 6.14. The normalized spacial score (nSPS) is 17.7. The number of ether oxygens (including phenoxy) is 1. The molecular weight excluding hydrogens is 632 g/mol. The summed E-state index contributed by atoms with van der Waals surface area (Å²) in [6, 6.07) is 19.0. The van der Waals surface area contributed by atoms with Gasteiger partial charge in [0, 0.05) is 25.2 Å². The first-order valence-electron chi connectivity index (χ1n) is 15.4. The summed E-state index contributed by atoms with van der Waals surface area (Å²) in [6.07, 6.45) is 1.82. The van der Waals surface area contributed by atoms with Gasteiger partial charge in [0.1, 0.15) is 18.0 Å². The zero-order chi connectivity index (χ0) is 33.8. The molecule has 0 unspecified atom stereocenters. The van der Waals surface area contributed by atoms with Crippen LogP contribution in [0.5, 0.6) is 5.75 Å².